The molecule has 3 aromatic rings. The Kier molecular flexibility index (Phi) is 6.46. The van der Waals surface area contributed by atoms with E-state index in [1.54, 1.807) is 31.3 Å². The topological polar surface area (TPSA) is 89.4 Å². The fraction of sp³-hybridized carbons (Fsp3) is 0.227. The van der Waals surface area contributed by atoms with Crippen molar-refractivity contribution in [3.8, 4) is 0 Å². The van der Waals surface area contributed by atoms with Crippen LogP contribution in [0.1, 0.15) is 39.6 Å². The third-order valence-electron chi connectivity index (χ3n) is 5.15. The van der Waals surface area contributed by atoms with Gasteiger partial charge in [-0.15, -0.1) is 0 Å². The lowest BCUT2D eigenvalue weighted by Crippen LogP contribution is -2.42. The lowest BCUT2D eigenvalue weighted by Gasteiger charge is -2.29. The van der Waals surface area contributed by atoms with Crippen LogP contribution in [0, 0.1) is 6.92 Å². The molecule has 1 N–H and O–H groups in total. The van der Waals surface area contributed by atoms with Gasteiger partial charge in [0.1, 0.15) is 5.71 Å². The van der Waals surface area contributed by atoms with Gasteiger partial charge in [-0.2, -0.15) is 13.2 Å². The molecule has 0 spiro atoms. The molecule has 0 saturated heterocycles. The van der Waals surface area contributed by atoms with Crippen LogP contribution >= 0.6 is 23.2 Å². The molecule has 0 radical (unpaired) electrons. The molecule has 3 heterocycles. The zero-order valence-electron chi connectivity index (χ0n) is 17.5. The van der Waals surface area contributed by atoms with Crippen molar-refractivity contribution in [3.05, 3.63) is 87.2 Å². The summed E-state index contributed by atoms with van der Waals surface area (Å²) in [4.78, 5) is 29.8. The number of nitrogens with zero attached hydrogens (tertiary/aromatic N) is 4. The first-order valence-electron chi connectivity index (χ1n) is 9.89. The van der Waals surface area contributed by atoms with Gasteiger partial charge in [0.25, 0.3) is 11.5 Å². The second-order valence-electron chi connectivity index (χ2n) is 7.49. The van der Waals surface area contributed by atoms with Crippen LogP contribution in [0.25, 0.3) is 0 Å². The van der Waals surface area contributed by atoms with E-state index in [2.05, 4.69) is 25.4 Å². The maximum atomic E-state index is 14.1. The third-order valence-corrected chi connectivity index (χ3v) is 5.59. The Bertz CT molecular complexity index is 1250. The van der Waals surface area contributed by atoms with Crippen LogP contribution in [-0.4, -0.2) is 32.7 Å². The number of hydrogen-bond donors (Lipinski definition) is 1. The predicted octanol–water partition coefficient (Wildman–Crippen LogP) is 5.00. The third kappa shape index (κ3) is 4.69. The van der Waals surface area contributed by atoms with Gasteiger partial charge in [-0.05, 0) is 37.3 Å². The van der Waals surface area contributed by atoms with Crippen LogP contribution < -0.4 is 5.32 Å². The predicted molar refractivity (Wildman–Crippen MR) is 119 cm³/mol. The molecule has 0 aliphatic carbocycles. The number of carbonyl (C=O) groups excluding carboxylic acids is 1. The molecule has 4 rings (SSSR count). The second-order valence-corrected chi connectivity index (χ2v) is 8.36. The van der Waals surface area contributed by atoms with Crippen LogP contribution in [0.3, 0.4) is 0 Å². The normalized spacial score (nSPS) is 17.8. The maximum Gasteiger partial charge on any atom is 0.435 e. The quantitative estimate of drug-likeness (QED) is 0.522. The largest absolute Gasteiger partial charge is 0.435 e. The highest BCUT2D eigenvalue weighted by molar-refractivity contribution is 6.34. The van der Waals surface area contributed by atoms with Crippen molar-refractivity contribution in [3.63, 3.8) is 0 Å². The van der Waals surface area contributed by atoms with Crippen LogP contribution in [0.2, 0.25) is 10.0 Å². The average molecular weight is 510 g/mol. The zero-order valence-corrected chi connectivity index (χ0v) is 19.0. The number of alkyl halides is 3. The molecule has 7 nitrogen and oxygen atoms in total. The first-order chi connectivity index (χ1) is 16.1. The van der Waals surface area contributed by atoms with Gasteiger partial charge in [0, 0.05) is 28.0 Å². The summed E-state index contributed by atoms with van der Waals surface area (Å²) in [5, 5.41) is 6.38. The van der Waals surface area contributed by atoms with Crippen molar-refractivity contribution in [1.29, 1.82) is 0 Å². The van der Waals surface area contributed by atoms with E-state index < -0.39 is 24.1 Å². The summed E-state index contributed by atoms with van der Waals surface area (Å²) in [7, 11) is 0. The minimum absolute atomic E-state index is 0.0244. The van der Waals surface area contributed by atoms with Crippen molar-refractivity contribution in [2.24, 2.45) is 5.16 Å². The van der Waals surface area contributed by atoms with Gasteiger partial charge in [0.2, 0.25) is 0 Å². The van der Waals surface area contributed by atoms with Gasteiger partial charge in [-0.1, -0.05) is 34.4 Å². The summed E-state index contributed by atoms with van der Waals surface area (Å²) in [6, 6.07) is 8.87. The van der Waals surface area contributed by atoms with E-state index in [0.717, 1.165) is 12.1 Å². The van der Waals surface area contributed by atoms with Gasteiger partial charge in [0.05, 0.1) is 29.9 Å². The molecule has 0 bridgehead atoms. The lowest BCUT2D eigenvalue weighted by atomic mass is 9.88. The van der Waals surface area contributed by atoms with Crippen molar-refractivity contribution < 1.29 is 22.8 Å². The van der Waals surface area contributed by atoms with Gasteiger partial charge in [-0.3, -0.25) is 9.78 Å². The molecule has 34 heavy (non-hydrogen) atoms. The van der Waals surface area contributed by atoms with Crippen LogP contribution in [0.15, 0.2) is 53.9 Å². The van der Waals surface area contributed by atoms with Gasteiger partial charge in [-0.25, -0.2) is 9.97 Å². The Morgan fingerprint density at radius 2 is 1.91 bits per heavy atom. The maximum absolute atomic E-state index is 14.1. The highest BCUT2D eigenvalue weighted by Gasteiger charge is 2.62. The Morgan fingerprint density at radius 3 is 2.53 bits per heavy atom. The number of oxime groups is 1. The van der Waals surface area contributed by atoms with Crippen LogP contribution in [0.4, 0.5) is 13.2 Å². The second kappa shape index (κ2) is 9.19. The van der Waals surface area contributed by atoms with Crippen molar-refractivity contribution in [2.75, 3.05) is 0 Å². The molecular weight excluding hydrogens is 494 g/mol. The fourth-order valence-electron chi connectivity index (χ4n) is 3.41. The Labute approximate surface area is 202 Å². The van der Waals surface area contributed by atoms with E-state index in [-0.39, 0.29) is 44.9 Å². The molecule has 0 saturated carbocycles. The van der Waals surface area contributed by atoms with E-state index in [4.69, 9.17) is 28.0 Å². The summed E-state index contributed by atoms with van der Waals surface area (Å²) in [6.45, 7) is 1.74. The van der Waals surface area contributed by atoms with E-state index in [1.165, 1.54) is 12.3 Å². The summed E-state index contributed by atoms with van der Waals surface area (Å²) in [5.41, 5.74) is -2.12. The summed E-state index contributed by atoms with van der Waals surface area (Å²) in [6.07, 6.45) is -2.70. The molecule has 1 aliphatic rings. The molecule has 176 valence electrons. The number of hydrogen-bond acceptors (Lipinski definition) is 6. The molecule has 0 fully saturated rings. The van der Waals surface area contributed by atoms with E-state index in [0.29, 0.717) is 5.69 Å². The zero-order chi connectivity index (χ0) is 24.5. The number of aromatic nitrogens is 3. The Morgan fingerprint density at radius 1 is 1.18 bits per heavy atom. The summed E-state index contributed by atoms with van der Waals surface area (Å²) in [5.74, 6) is -0.532. The van der Waals surface area contributed by atoms with E-state index >= 15 is 0 Å². The molecule has 1 unspecified atom stereocenters. The lowest BCUT2D eigenvalue weighted by molar-refractivity contribution is -0.275. The first-order valence-corrected chi connectivity index (χ1v) is 10.6. The molecule has 1 aliphatic heterocycles. The van der Waals surface area contributed by atoms with Gasteiger partial charge in [0.15, 0.2) is 5.82 Å². The highest BCUT2D eigenvalue weighted by Crippen LogP contribution is 2.49. The number of nitrogens with one attached hydrogen (secondary N) is 1. The monoisotopic (exact) mass is 509 g/mol. The number of benzene rings is 1. The smallest absolute Gasteiger partial charge is 0.374 e. The fourth-order valence-corrected chi connectivity index (χ4v) is 3.93. The molecule has 12 heteroatoms. The standard InChI is InChI=1S/C22H16Cl2F3N5O2/c1-12-17(20(33)30-10-16-4-2-3-5-28-16)11-29-19(31-12)18-9-21(34-32-18,22(25,26)27)13-6-14(23)8-15(24)7-13/h2-8,11H,9-10H2,1H3,(H,30,33). The molecule has 1 amide bonds. The molecule has 1 aromatic carbocycles. The molecule has 1 atom stereocenters. The first kappa shape index (κ1) is 23.9. The van der Waals surface area contributed by atoms with E-state index in [9.17, 15) is 18.0 Å². The summed E-state index contributed by atoms with van der Waals surface area (Å²) < 4.78 is 42.4. The van der Waals surface area contributed by atoms with Gasteiger partial charge >= 0.3 is 6.18 Å². The Balaban J connectivity index is 1.56. The van der Waals surface area contributed by atoms with Crippen molar-refractivity contribution in [2.45, 2.75) is 31.7 Å². The summed E-state index contributed by atoms with van der Waals surface area (Å²) >= 11 is 11.8. The minimum Gasteiger partial charge on any atom is -0.374 e. The Hall–Kier alpha value is -3.24. The SMILES string of the molecule is Cc1nc(C2=NOC(c3cc(Cl)cc(Cl)c3)(C(F)(F)F)C2)ncc1C(=O)NCc1ccccn1. The molecular formula is C22H16Cl2F3N5O2. The highest BCUT2D eigenvalue weighted by atomic mass is 35.5. The number of aryl methyl sites for hydroxylation is 1. The van der Waals surface area contributed by atoms with Gasteiger partial charge < -0.3 is 10.2 Å². The average Bonchev–Trinajstić information content (AvgIpc) is 3.25. The number of pyridine rings is 1. The minimum atomic E-state index is -4.84. The number of carbonyl (C=O) groups is 1. The van der Waals surface area contributed by atoms with E-state index in [1.807, 2.05) is 0 Å². The number of halogens is 5. The van der Waals surface area contributed by atoms with Crippen LogP contribution in [0.5, 0.6) is 0 Å². The van der Waals surface area contributed by atoms with Crippen molar-refractivity contribution in [1.82, 2.24) is 20.3 Å². The molecule has 2 aromatic heterocycles. The van der Waals surface area contributed by atoms with Crippen LogP contribution in [-0.2, 0) is 17.0 Å². The van der Waals surface area contributed by atoms with Crippen molar-refractivity contribution >= 4 is 34.8 Å². The number of amides is 1. The number of rotatable bonds is 5.